The molecule has 0 amide bonds. The first kappa shape index (κ1) is 12.4. The molecule has 0 saturated heterocycles. The van der Waals surface area contributed by atoms with Crippen LogP contribution in [0.2, 0.25) is 0 Å². The zero-order valence-corrected chi connectivity index (χ0v) is 11.4. The van der Waals surface area contributed by atoms with Crippen molar-refractivity contribution in [1.29, 1.82) is 0 Å². The summed E-state index contributed by atoms with van der Waals surface area (Å²) in [4.78, 5) is 4.65. The van der Waals surface area contributed by atoms with E-state index in [1.165, 1.54) is 11.1 Å². The van der Waals surface area contributed by atoms with Gasteiger partial charge in [0, 0.05) is 12.8 Å². The van der Waals surface area contributed by atoms with Crippen LogP contribution in [0.3, 0.4) is 0 Å². The second kappa shape index (κ2) is 5.17. The molecule has 0 spiro atoms. The number of aromatic nitrogens is 1. The predicted molar refractivity (Wildman–Crippen MR) is 75.1 cm³/mol. The SMILES string of the molecule is Cc1ccccc1Cc1nc2c(o1)CC(CN)CC2. The lowest BCUT2D eigenvalue weighted by Gasteiger charge is -2.17. The summed E-state index contributed by atoms with van der Waals surface area (Å²) in [6, 6.07) is 8.39. The molecule has 0 fully saturated rings. The van der Waals surface area contributed by atoms with Crippen LogP contribution in [0.25, 0.3) is 0 Å². The van der Waals surface area contributed by atoms with Gasteiger partial charge in [-0.2, -0.15) is 0 Å². The number of nitrogens with two attached hydrogens (primary N) is 1. The van der Waals surface area contributed by atoms with Crippen LogP contribution in [-0.4, -0.2) is 11.5 Å². The van der Waals surface area contributed by atoms with Crippen molar-refractivity contribution in [2.24, 2.45) is 11.7 Å². The summed E-state index contributed by atoms with van der Waals surface area (Å²) in [5.74, 6) is 2.47. The Morgan fingerprint density at radius 1 is 1.37 bits per heavy atom. The van der Waals surface area contributed by atoms with Crippen molar-refractivity contribution in [2.45, 2.75) is 32.6 Å². The molecule has 3 heteroatoms. The van der Waals surface area contributed by atoms with Crippen molar-refractivity contribution in [3.8, 4) is 0 Å². The summed E-state index contributed by atoms with van der Waals surface area (Å²) in [7, 11) is 0. The third kappa shape index (κ3) is 2.56. The second-order valence-corrected chi connectivity index (χ2v) is 5.43. The smallest absolute Gasteiger partial charge is 0.199 e. The molecule has 100 valence electrons. The number of benzene rings is 1. The van der Waals surface area contributed by atoms with Gasteiger partial charge in [0.05, 0.1) is 5.69 Å². The number of oxazole rings is 1. The molecule has 19 heavy (non-hydrogen) atoms. The maximum atomic E-state index is 5.93. The summed E-state index contributed by atoms with van der Waals surface area (Å²) in [5, 5.41) is 0. The molecule has 0 radical (unpaired) electrons. The van der Waals surface area contributed by atoms with Gasteiger partial charge in [-0.05, 0) is 43.4 Å². The molecule has 2 N–H and O–H groups in total. The molecule has 3 nitrogen and oxygen atoms in total. The highest BCUT2D eigenvalue weighted by Crippen LogP contribution is 2.26. The minimum absolute atomic E-state index is 0.562. The quantitative estimate of drug-likeness (QED) is 0.918. The van der Waals surface area contributed by atoms with Crippen molar-refractivity contribution in [3.05, 3.63) is 52.7 Å². The van der Waals surface area contributed by atoms with Gasteiger partial charge in [-0.25, -0.2) is 4.98 Å². The summed E-state index contributed by atoms with van der Waals surface area (Å²) in [6.45, 7) is 2.87. The lowest BCUT2D eigenvalue weighted by Crippen LogP contribution is -2.21. The van der Waals surface area contributed by atoms with Crippen LogP contribution < -0.4 is 5.73 Å². The second-order valence-electron chi connectivity index (χ2n) is 5.43. The van der Waals surface area contributed by atoms with Crippen LogP contribution in [0, 0.1) is 12.8 Å². The van der Waals surface area contributed by atoms with Crippen LogP contribution in [0.4, 0.5) is 0 Å². The number of nitrogens with zero attached hydrogens (tertiary/aromatic N) is 1. The van der Waals surface area contributed by atoms with Crippen molar-refractivity contribution < 1.29 is 4.42 Å². The average molecular weight is 256 g/mol. The van der Waals surface area contributed by atoms with Crippen molar-refractivity contribution in [2.75, 3.05) is 6.54 Å². The highest BCUT2D eigenvalue weighted by Gasteiger charge is 2.23. The van der Waals surface area contributed by atoms with Gasteiger partial charge in [0.1, 0.15) is 5.76 Å². The van der Waals surface area contributed by atoms with E-state index in [0.29, 0.717) is 5.92 Å². The molecule has 1 unspecified atom stereocenters. The molecule has 1 aliphatic rings. The molecule has 0 aliphatic heterocycles. The number of fused-ring (bicyclic) bond motifs is 1. The maximum absolute atomic E-state index is 5.93. The Morgan fingerprint density at radius 3 is 3.00 bits per heavy atom. The molecular formula is C16H20N2O. The van der Waals surface area contributed by atoms with Gasteiger partial charge in [0.15, 0.2) is 5.89 Å². The lowest BCUT2D eigenvalue weighted by molar-refractivity contribution is 0.385. The largest absolute Gasteiger partial charge is 0.445 e. The van der Waals surface area contributed by atoms with E-state index in [2.05, 4.69) is 36.2 Å². The van der Waals surface area contributed by atoms with E-state index in [4.69, 9.17) is 10.2 Å². The fourth-order valence-electron chi connectivity index (χ4n) is 2.74. The molecule has 3 rings (SSSR count). The van der Waals surface area contributed by atoms with Gasteiger partial charge < -0.3 is 10.2 Å². The summed E-state index contributed by atoms with van der Waals surface area (Å²) >= 11 is 0. The van der Waals surface area contributed by atoms with E-state index >= 15 is 0 Å². The monoisotopic (exact) mass is 256 g/mol. The first-order valence-corrected chi connectivity index (χ1v) is 6.98. The third-order valence-electron chi connectivity index (χ3n) is 4.02. The van der Waals surface area contributed by atoms with Crippen LogP contribution in [0.15, 0.2) is 28.7 Å². The maximum Gasteiger partial charge on any atom is 0.199 e. The van der Waals surface area contributed by atoms with E-state index in [-0.39, 0.29) is 0 Å². The van der Waals surface area contributed by atoms with Crippen molar-refractivity contribution in [1.82, 2.24) is 4.98 Å². The summed E-state index contributed by atoms with van der Waals surface area (Å²) < 4.78 is 5.93. The Bertz CT molecular complexity index is 574. The molecule has 2 aromatic rings. The molecule has 1 aliphatic carbocycles. The average Bonchev–Trinajstić information content (AvgIpc) is 2.82. The Kier molecular flexibility index (Phi) is 3.38. The molecule has 0 saturated carbocycles. The number of hydrogen-bond donors (Lipinski definition) is 1. The highest BCUT2D eigenvalue weighted by molar-refractivity contribution is 5.28. The zero-order valence-electron chi connectivity index (χ0n) is 11.4. The van der Waals surface area contributed by atoms with E-state index in [0.717, 1.165) is 49.6 Å². The highest BCUT2D eigenvalue weighted by atomic mass is 16.4. The van der Waals surface area contributed by atoms with E-state index in [1.807, 2.05) is 0 Å². The van der Waals surface area contributed by atoms with Gasteiger partial charge in [0.2, 0.25) is 0 Å². The van der Waals surface area contributed by atoms with Crippen molar-refractivity contribution >= 4 is 0 Å². The molecular weight excluding hydrogens is 236 g/mol. The Balaban J connectivity index is 1.80. The first-order chi connectivity index (χ1) is 9.26. The Morgan fingerprint density at radius 2 is 2.21 bits per heavy atom. The summed E-state index contributed by atoms with van der Waals surface area (Å²) in [6.07, 6.45) is 3.88. The Labute approximate surface area is 113 Å². The van der Waals surface area contributed by atoms with Gasteiger partial charge >= 0.3 is 0 Å². The van der Waals surface area contributed by atoms with E-state index < -0.39 is 0 Å². The summed E-state index contributed by atoms with van der Waals surface area (Å²) in [5.41, 5.74) is 9.47. The van der Waals surface area contributed by atoms with Crippen LogP contribution in [-0.2, 0) is 19.3 Å². The van der Waals surface area contributed by atoms with Gasteiger partial charge in [-0.1, -0.05) is 24.3 Å². The number of aryl methyl sites for hydroxylation is 2. The van der Waals surface area contributed by atoms with Crippen LogP contribution in [0.1, 0.15) is 34.9 Å². The minimum atomic E-state index is 0.562. The topological polar surface area (TPSA) is 52.0 Å². The zero-order chi connectivity index (χ0) is 13.2. The third-order valence-corrected chi connectivity index (χ3v) is 4.02. The normalized spacial score (nSPS) is 18.3. The predicted octanol–water partition coefficient (Wildman–Crippen LogP) is 2.64. The van der Waals surface area contributed by atoms with E-state index in [9.17, 15) is 0 Å². The molecule has 1 heterocycles. The Hall–Kier alpha value is -1.61. The van der Waals surface area contributed by atoms with Gasteiger partial charge in [-0.15, -0.1) is 0 Å². The molecule has 1 aromatic carbocycles. The van der Waals surface area contributed by atoms with Crippen LogP contribution >= 0.6 is 0 Å². The standard InChI is InChI=1S/C16H20N2O/c1-11-4-2-3-5-13(11)9-16-18-14-7-6-12(10-17)8-15(14)19-16/h2-5,12H,6-10,17H2,1H3. The van der Waals surface area contributed by atoms with Crippen molar-refractivity contribution in [3.63, 3.8) is 0 Å². The molecule has 0 bridgehead atoms. The lowest BCUT2D eigenvalue weighted by atomic mass is 9.91. The fraction of sp³-hybridized carbons (Fsp3) is 0.438. The molecule has 1 aromatic heterocycles. The first-order valence-electron chi connectivity index (χ1n) is 6.98. The van der Waals surface area contributed by atoms with Gasteiger partial charge in [-0.3, -0.25) is 0 Å². The van der Waals surface area contributed by atoms with Gasteiger partial charge in [0.25, 0.3) is 0 Å². The molecule has 1 atom stereocenters. The van der Waals surface area contributed by atoms with E-state index in [1.54, 1.807) is 0 Å². The van der Waals surface area contributed by atoms with Crippen LogP contribution in [0.5, 0.6) is 0 Å². The minimum Gasteiger partial charge on any atom is -0.445 e. The number of rotatable bonds is 3. The fourth-order valence-corrected chi connectivity index (χ4v) is 2.74. The number of hydrogen-bond acceptors (Lipinski definition) is 3.